The summed E-state index contributed by atoms with van der Waals surface area (Å²) < 4.78 is 25.3. The summed E-state index contributed by atoms with van der Waals surface area (Å²) in [4.78, 5) is 9.66. The van der Waals surface area contributed by atoms with Gasteiger partial charge in [-0.25, -0.2) is 0 Å². The van der Waals surface area contributed by atoms with Gasteiger partial charge >= 0.3 is 10.3 Å². The van der Waals surface area contributed by atoms with Crippen molar-refractivity contribution < 1.29 is 17.5 Å². The van der Waals surface area contributed by atoms with Crippen LogP contribution in [0.3, 0.4) is 0 Å². The maximum absolute atomic E-state index is 10.5. The predicted octanol–water partition coefficient (Wildman–Crippen LogP) is 0.830. The molecular weight excluding hydrogens is 248 g/mol. The second kappa shape index (κ2) is 4.01. The van der Waals surface area contributed by atoms with Crippen LogP contribution in [0.5, 0.6) is 5.75 Å². The number of hydrogen-bond acceptors (Lipinski definition) is 5. The normalized spacial score (nSPS) is 11.1. The van der Waals surface area contributed by atoms with Crippen molar-refractivity contribution >= 4 is 27.6 Å². The van der Waals surface area contributed by atoms with E-state index < -0.39 is 20.9 Å². The third-order valence-corrected chi connectivity index (χ3v) is 2.07. The van der Waals surface area contributed by atoms with E-state index in [1.54, 1.807) is 0 Å². The van der Waals surface area contributed by atoms with Gasteiger partial charge in [0.05, 0.1) is 11.0 Å². The molecule has 0 fully saturated rings. The molecule has 0 radical (unpaired) electrons. The Kier molecular flexibility index (Phi) is 3.12. The van der Waals surface area contributed by atoms with Crippen LogP contribution in [0.1, 0.15) is 0 Å². The molecule has 0 spiro atoms. The lowest BCUT2D eigenvalue weighted by Crippen LogP contribution is -2.18. The van der Waals surface area contributed by atoms with E-state index in [0.29, 0.717) is 0 Å². The lowest BCUT2D eigenvalue weighted by Gasteiger charge is -2.02. The number of nitro groups is 1. The molecule has 0 aliphatic carbocycles. The average molecular weight is 253 g/mol. The van der Waals surface area contributed by atoms with Crippen LogP contribution in [0, 0.1) is 10.1 Å². The van der Waals surface area contributed by atoms with Gasteiger partial charge in [0.1, 0.15) is 5.02 Å². The zero-order valence-corrected chi connectivity index (χ0v) is 8.66. The molecule has 0 atom stereocenters. The molecule has 0 heterocycles. The van der Waals surface area contributed by atoms with Crippen LogP contribution >= 0.6 is 11.6 Å². The van der Waals surface area contributed by atoms with Crippen molar-refractivity contribution in [1.29, 1.82) is 0 Å². The Labute approximate surface area is 89.8 Å². The Hall–Kier alpha value is -1.38. The fourth-order valence-electron chi connectivity index (χ4n) is 0.818. The molecule has 0 bridgehead atoms. The molecule has 0 saturated heterocycles. The van der Waals surface area contributed by atoms with Crippen LogP contribution in [0.4, 0.5) is 5.69 Å². The van der Waals surface area contributed by atoms with Gasteiger partial charge in [-0.1, -0.05) is 11.6 Å². The number of halogens is 1. The SMILES string of the molecule is NS(=O)(=O)Oc1ccc(Cl)c([N+](=O)[O-])c1. The van der Waals surface area contributed by atoms with E-state index in [0.717, 1.165) is 18.2 Å². The third kappa shape index (κ3) is 3.35. The average Bonchev–Trinajstić information content (AvgIpc) is 2.05. The zero-order valence-electron chi connectivity index (χ0n) is 7.08. The van der Waals surface area contributed by atoms with Crippen LogP contribution in [0.25, 0.3) is 0 Å². The second-order valence-electron chi connectivity index (χ2n) is 2.45. The van der Waals surface area contributed by atoms with Crippen molar-refractivity contribution in [3.05, 3.63) is 33.3 Å². The standard InChI is InChI=1S/C6H5ClN2O5S/c7-5-2-1-4(14-15(8,12)13)3-6(5)9(10)11/h1-3H,(H2,8,12,13). The molecule has 1 rings (SSSR count). The lowest BCUT2D eigenvalue weighted by molar-refractivity contribution is -0.384. The van der Waals surface area contributed by atoms with Gasteiger partial charge in [-0.3, -0.25) is 10.1 Å². The zero-order chi connectivity index (χ0) is 11.6. The van der Waals surface area contributed by atoms with Gasteiger partial charge in [-0.2, -0.15) is 13.6 Å². The topological polar surface area (TPSA) is 113 Å². The van der Waals surface area contributed by atoms with Crippen molar-refractivity contribution in [2.75, 3.05) is 0 Å². The van der Waals surface area contributed by atoms with Crippen LogP contribution in [0.15, 0.2) is 18.2 Å². The molecule has 82 valence electrons. The number of benzene rings is 1. The summed E-state index contributed by atoms with van der Waals surface area (Å²) in [5, 5.41) is 14.9. The summed E-state index contributed by atoms with van der Waals surface area (Å²) >= 11 is 5.48. The number of nitrogens with zero attached hydrogens (tertiary/aromatic N) is 1. The quantitative estimate of drug-likeness (QED) is 0.632. The van der Waals surface area contributed by atoms with Gasteiger partial charge in [0.2, 0.25) is 0 Å². The first-order valence-electron chi connectivity index (χ1n) is 3.46. The lowest BCUT2D eigenvalue weighted by atomic mass is 10.3. The van der Waals surface area contributed by atoms with E-state index in [1.807, 2.05) is 0 Å². The van der Waals surface area contributed by atoms with Gasteiger partial charge in [0.25, 0.3) is 5.69 Å². The van der Waals surface area contributed by atoms with Crippen molar-refractivity contribution in [1.82, 2.24) is 0 Å². The number of nitro benzene ring substituents is 1. The van der Waals surface area contributed by atoms with Crippen LogP contribution in [-0.2, 0) is 10.3 Å². The van der Waals surface area contributed by atoms with Crippen molar-refractivity contribution in [3.8, 4) is 5.75 Å². The van der Waals surface area contributed by atoms with Crippen molar-refractivity contribution in [2.45, 2.75) is 0 Å². The Balaban J connectivity index is 3.14. The van der Waals surface area contributed by atoms with Gasteiger partial charge in [0.15, 0.2) is 5.75 Å². The van der Waals surface area contributed by atoms with E-state index in [2.05, 4.69) is 9.32 Å². The molecule has 2 N–H and O–H groups in total. The first kappa shape index (κ1) is 11.7. The van der Waals surface area contributed by atoms with Crippen LogP contribution in [-0.4, -0.2) is 13.3 Å². The predicted molar refractivity (Wildman–Crippen MR) is 51.8 cm³/mol. The summed E-state index contributed by atoms with van der Waals surface area (Å²) in [7, 11) is -4.20. The molecule has 15 heavy (non-hydrogen) atoms. The van der Waals surface area contributed by atoms with Gasteiger partial charge in [0, 0.05) is 0 Å². The Morgan fingerprint density at radius 3 is 2.53 bits per heavy atom. The van der Waals surface area contributed by atoms with E-state index in [9.17, 15) is 18.5 Å². The highest BCUT2D eigenvalue weighted by atomic mass is 35.5. The fraction of sp³-hybridized carbons (Fsp3) is 0. The minimum atomic E-state index is -4.20. The van der Waals surface area contributed by atoms with Gasteiger partial charge < -0.3 is 4.18 Å². The van der Waals surface area contributed by atoms with E-state index in [1.165, 1.54) is 0 Å². The highest BCUT2D eigenvalue weighted by Gasteiger charge is 2.15. The van der Waals surface area contributed by atoms with E-state index >= 15 is 0 Å². The number of hydrogen-bond donors (Lipinski definition) is 1. The molecular formula is C6H5ClN2O5S. The van der Waals surface area contributed by atoms with Crippen molar-refractivity contribution in [3.63, 3.8) is 0 Å². The number of nitrogens with two attached hydrogens (primary N) is 1. The molecule has 0 aromatic heterocycles. The molecule has 1 aromatic carbocycles. The number of rotatable bonds is 3. The molecule has 7 nitrogen and oxygen atoms in total. The Morgan fingerprint density at radius 1 is 1.47 bits per heavy atom. The molecule has 0 unspecified atom stereocenters. The summed E-state index contributed by atoms with van der Waals surface area (Å²) in [5.74, 6) is -0.270. The highest BCUT2D eigenvalue weighted by molar-refractivity contribution is 7.84. The van der Waals surface area contributed by atoms with Gasteiger partial charge in [-0.05, 0) is 12.1 Å². The van der Waals surface area contributed by atoms with Crippen LogP contribution < -0.4 is 9.32 Å². The fourth-order valence-corrected chi connectivity index (χ4v) is 1.38. The minimum Gasteiger partial charge on any atom is -0.371 e. The molecule has 1 aromatic rings. The van der Waals surface area contributed by atoms with E-state index in [-0.39, 0.29) is 10.8 Å². The summed E-state index contributed by atoms with van der Waals surface area (Å²) in [6, 6.07) is 3.16. The Bertz CT molecular complexity index is 500. The Morgan fingerprint density at radius 2 is 2.07 bits per heavy atom. The maximum Gasteiger partial charge on any atom is 0.380 e. The smallest absolute Gasteiger partial charge is 0.371 e. The minimum absolute atomic E-state index is 0.123. The highest BCUT2D eigenvalue weighted by Crippen LogP contribution is 2.28. The molecule has 0 amide bonds. The first-order chi connectivity index (χ1) is 6.79. The molecule has 0 aliphatic heterocycles. The van der Waals surface area contributed by atoms with Gasteiger partial charge in [-0.15, -0.1) is 0 Å². The third-order valence-electron chi connectivity index (χ3n) is 1.33. The maximum atomic E-state index is 10.5. The summed E-state index contributed by atoms with van der Waals surface area (Å²) in [6.45, 7) is 0. The van der Waals surface area contributed by atoms with Crippen molar-refractivity contribution in [2.24, 2.45) is 5.14 Å². The summed E-state index contributed by atoms with van der Waals surface area (Å²) in [5.41, 5.74) is -0.460. The monoisotopic (exact) mass is 252 g/mol. The molecule has 0 aliphatic rings. The van der Waals surface area contributed by atoms with Crippen LogP contribution in [0.2, 0.25) is 5.02 Å². The van der Waals surface area contributed by atoms with E-state index in [4.69, 9.17) is 11.6 Å². The second-order valence-corrected chi connectivity index (χ2v) is 4.01. The largest absolute Gasteiger partial charge is 0.380 e. The molecule has 9 heteroatoms. The first-order valence-corrected chi connectivity index (χ1v) is 5.30. The summed E-state index contributed by atoms with van der Waals surface area (Å²) in [6.07, 6.45) is 0. The molecule has 0 saturated carbocycles.